The van der Waals surface area contributed by atoms with Crippen molar-refractivity contribution >= 4 is 12.0 Å². The van der Waals surface area contributed by atoms with Crippen molar-refractivity contribution < 1.29 is 14.3 Å². The van der Waals surface area contributed by atoms with E-state index < -0.39 is 0 Å². The van der Waals surface area contributed by atoms with Crippen LogP contribution < -0.4 is 11.3 Å². The van der Waals surface area contributed by atoms with Crippen LogP contribution in [0.4, 0.5) is 4.79 Å². The van der Waals surface area contributed by atoms with Crippen LogP contribution in [0, 0.1) is 0 Å². The van der Waals surface area contributed by atoms with Gasteiger partial charge in [0.2, 0.25) is 11.5 Å². The molecule has 33 heavy (non-hydrogen) atoms. The van der Waals surface area contributed by atoms with Crippen molar-refractivity contribution in [1.29, 1.82) is 0 Å². The van der Waals surface area contributed by atoms with Crippen LogP contribution in [-0.4, -0.2) is 34.5 Å². The van der Waals surface area contributed by atoms with Crippen LogP contribution in [0.15, 0.2) is 83.8 Å². The molecule has 3 N–H and O–H groups in total. The Kier molecular flexibility index (Phi) is 8.41. The molecule has 0 bridgehead atoms. The first kappa shape index (κ1) is 23.8. The number of nitrogens with two attached hydrogens (primary N) is 1. The fraction of sp³-hybridized carbons (Fsp3) is 0.269. The zero-order valence-corrected chi connectivity index (χ0v) is 18.6. The number of benzene rings is 2. The standard InChI is InChI=1S/C20H23N3O4.C6H6/c1-13(23-11-10-17(27-20(23)26)7-8-18(21)24)14-2-4-15(5-3-14)16-6-9-19(25)22-12-16;1-2-4-6-5-3-1/h2-6,9,12-13,17H,7-8,10-11H2,1H3,(H2,21,24)(H,22,25);1-6H. The number of nitrogens with one attached hydrogen (secondary N) is 1. The highest BCUT2D eigenvalue weighted by atomic mass is 16.6. The van der Waals surface area contributed by atoms with Gasteiger partial charge >= 0.3 is 6.09 Å². The fourth-order valence-corrected chi connectivity index (χ4v) is 3.61. The number of H-pyrrole nitrogens is 1. The summed E-state index contributed by atoms with van der Waals surface area (Å²) in [7, 11) is 0. The van der Waals surface area contributed by atoms with Gasteiger partial charge in [0.05, 0.1) is 6.04 Å². The number of amides is 2. The SMILES string of the molecule is CC(c1ccc(-c2ccc(=O)[nH]c2)cc1)N1CCC(CCC(N)=O)OC1=O.c1ccccc1. The van der Waals surface area contributed by atoms with Crippen LogP contribution in [0.5, 0.6) is 0 Å². The van der Waals surface area contributed by atoms with Gasteiger partial charge in [0, 0.05) is 31.6 Å². The molecule has 0 radical (unpaired) electrons. The number of pyridine rings is 1. The molecule has 1 saturated heterocycles. The van der Waals surface area contributed by atoms with E-state index in [0.717, 1.165) is 16.7 Å². The maximum Gasteiger partial charge on any atom is 0.410 e. The van der Waals surface area contributed by atoms with Crippen molar-refractivity contribution in [1.82, 2.24) is 9.88 Å². The summed E-state index contributed by atoms with van der Waals surface area (Å²) < 4.78 is 5.44. The number of hydrogen-bond donors (Lipinski definition) is 2. The predicted octanol–water partition coefficient (Wildman–Crippen LogP) is 4.27. The average molecular weight is 448 g/mol. The summed E-state index contributed by atoms with van der Waals surface area (Å²) in [4.78, 5) is 38.7. The lowest BCUT2D eigenvalue weighted by Gasteiger charge is -2.35. The molecule has 2 heterocycles. The average Bonchev–Trinajstić information content (AvgIpc) is 2.84. The minimum Gasteiger partial charge on any atom is -0.446 e. The fourth-order valence-electron chi connectivity index (χ4n) is 3.61. The molecule has 172 valence electrons. The lowest BCUT2D eigenvalue weighted by atomic mass is 10.0. The van der Waals surface area contributed by atoms with Crippen molar-refractivity contribution in [2.45, 2.75) is 38.3 Å². The van der Waals surface area contributed by atoms with Gasteiger partial charge in [-0.3, -0.25) is 9.59 Å². The zero-order valence-electron chi connectivity index (χ0n) is 18.6. The molecule has 0 spiro atoms. The Morgan fingerprint density at radius 1 is 1.03 bits per heavy atom. The quantitative estimate of drug-likeness (QED) is 0.589. The molecular weight excluding hydrogens is 418 g/mol. The van der Waals surface area contributed by atoms with Crippen LogP contribution >= 0.6 is 0 Å². The van der Waals surface area contributed by atoms with Crippen molar-refractivity contribution in [2.24, 2.45) is 5.73 Å². The van der Waals surface area contributed by atoms with Gasteiger partial charge in [-0.15, -0.1) is 0 Å². The lowest BCUT2D eigenvalue weighted by Crippen LogP contribution is -2.43. The first-order valence-corrected chi connectivity index (χ1v) is 11.0. The summed E-state index contributed by atoms with van der Waals surface area (Å²) in [6.45, 7) is 2.53. The van der Waals surface area contributed by atoms with E-state index in [9.17, 15) is 14.4 Å². The number of primary amides is 1. The van der Waals surface area contributed by atoms with Crippen molar-refractivity contribution in [3.05, 3.63) is 94.9 Å². The smallest absolute Gasteiger partial charge is 0.410 e. The van der Waals surface area contributed by atoms with Gasteiger partial charge in [-0.2, -0.15) is 0 Å². The van der Waals surface area contributed by atoms with Crippen LogP contribution in [0.1, 0.15) is 37.8 Å². The van der Waals surface area contributed by atoms with Gasteiger partial charge in [-0.05, 0) is 36.1 Å². The lowest BCUT2D eigenvalue weighted by molar-refractivity contribution is -0.118. The first-order chi connectivity index (χ1) is 15.9. The molecule has 2 aromatic carbocycles. The van der Waals surface area contributed by atoms with E-state index in [2.05, 4.69) is 4.98 Å². The van der Waals surface area contributed by atoms with Gasteiger partial charge in [0.25, 0.3) is 0 Å². The van der Waals surface area contributed by atoms with E-state index >= 15 is 0 Å². The highest BCUT2D eigenvalue weighted by Gasteiger charge is 2.30. The van der Waals surface area contributed by atoms with Gasteiger partial charge < -0.3 is 20.4 Å². The number of cyclic esters (lactones) is 1. The predicted molar refractivity (Wildman–Crippen MR) is 127 cm³/mol. The summed E-state index contributed by atoms with van der Waals surface area (Å²) in [5.74, 6) is -0.385. The largest absolute Gasteiger partial charge is 0.446 e. The van der Waals surface area contributed by atoms with Gasteiger partial charge in [-0.25, -0.2) is 4.79 Å². The van der Waals surface area contributed by atoms with Gasteiger partial charge in [-0.1, -0.05) is 60.7 Å². The van der Waals surface area contributed by atoms with E-state index in [1.54, 1.807) is 17.2 Å². The zero-order chi connectivity index (χ0) is 23.6. The molecule has 2 unspecified atom stereocenters. The highest BCUT2D eigenvalue weighted by Crippen LogP contribution is 2.28. The Bertz CT molecular complexity index is 1050. The second-order valence-electron chi connectivity index (χ2n) is 7.89. The Morgan fingerprint density at radius 3 is 2.15 bits per heavy atom. The molecule has 2 amide bonds. The second-order valence-corrected chi connectivity index (χ2v) is 7.89. The van der Waals surface area contributed by atoms with Gasteiger partial charge in [0.15, 0.2) is 0 Å². The number of aromatic amines is 1. The molecule has 7 nitrogen and oxygen atoms in total. The minimum absolute atomic E-state index is 0.126. The molecule has 0 aliphatic carbocycles. The maximum atomic E-state index is 12.3. The number of nitrogens with zero attached hydrogens (tertiary/aromatic N) is 1. The number of hydrogen-bond acceptors (Lipinski definition) is 4. The van der Waals surface area contributed by atoms with Gasteiger partial charge in [0.1, 0.15) is 6.10 Å². The van der Waals surface area contributed by atoms with E-state index in [1.807, 2.05) is 67.6 Å². The number of ether oxygens (including phenoxy) is 1. The Balaban J connectivity index is 0.000000442. The third-order valence-electron chi connectivity index (χ3n) is 5.55. The number of carbonyl (C=O) groups excluding carboxylic acids is 2. The van der Waals surface area contributed by atoms with Crippen LogP contribution in [0.2, 0.25) is 0 Å². The van der Waals surface area contributed by atoms with E-state index in [-0.39, 0.29) is 36.1 Å². The summed E-state index contributed by atoms with van der Waals surface area (Å²) >= 11 is 0. The molecule has 1 aromatic heterocycles. The molecular formula is C26H29N3O4. The molecule has 1 fully saturated rings. The van der Waals surface area contributed by atoms with Crippen molar-refractivity contribution in [2.75, 3.05) is 6.54 Å². The van der Waals surface area contributed by atoms with E-state index in [0.29, 0.717) is 19.4 Å². The van der Waals surface area contributed by atoms with E-state index in [4.69, 9.17) is 10.5 Å². The molecule has 7 heteroatoms. The summed E-state index contributed by atoms with van der Waals surface area (Å²) in [5, 5.41) is 0. The number of aromatic nitrogens is 1. The summed E-state index contributed by atoms with van der Waals surface area (Å²) in [6.07, 6.45) is 2.43. The second kappa shape index (κ2) is 11.7. The Morgan fingerprint density at radius 2 is 1.64 bits per heavy atom. The highest BCUT2D eigenvalue weighted by molar-refractivity contribution is 5.74. The molecule has 4 rings (SSSR count). The Hall–Kier alpha value is -3.87. The van der Waals surface area contributed by atoms with Crippen molar-refractivity contribution in [3.8, 4) is 11.1 Å². The maximum absolute atomic E-state index is 12.3. The van der Waals surface area contributed by atoms with Crippen LogP contribution in [0.3, 0.4) is 0 Å². The molecule has 3 aromatic rings. The Labute approximate surface area is 193 Å². The molecule has 1 aliphatic rings. The minimum atomic E-state index is -0.385. The van der Waals surface area contributed by atoms with Crippen molar-refractivity contribution in [3.63, 3.8) is 0 Å². The molecule has 2 atom stereocenters. The summed E-state index contributed by atoms with van der Waals surface area (Å²) in [6, 6.07) is 23.0. The topological polar surface area (TPSA) is 105 Å². The molecule has 0 saturated carbocycles. The van der Waals surface area contributed by atoms with E-state index in [1.165, 1.54) is 6.07 Å². The monoisotopic (exact) mass is 447 g/mol. The number of rotatable bonds is 6. The normalized spacial score (nSPS) is 16.2. The third kappa shape index (κ3) is 7.07. The van der Waals surface area contributed by atoms with Crippen LogP contribution in [0.25, 0.3) is 11.1 Å². The molecule has 1 aliphatic heterocycles. The van der Waals surface area contributed by atoms with Crippen LogP contribution in [-0.2, 0) is 9.53 Å². The third-order valence-corrected chi connectivity index (χ3v) is 5.55. The first-order valence-electron chi connectivity index (χ1n) is 11.0. The summed E-state index contributed by atoms with van der Waals surface area (Å²) in [5.41, 5.74) is 7.91. The number of carbonyl (C=O) groups is 2.